The predicted molar refractivity (Wildman–Crippen MR) is 106 cm³/mol. The number of nitrogens with zero attached hydrogens (tertiary/aromatic N) is 4. The van der Waals surface area contributed by atoms with Crippen LogP contribution in [-0.4, -0.2) is 50.3 Å². The van der Waals surface area contributed by atoms with E-state index < -0.39 is 0 Å². The van der Waals surface area contributed by atoms with Gasteiger partial charge in [-0.15, -0.1) is 10.2 Å². The van der Waals surface area contributed by atoms with Gasteiger partial charge in [-0.1, -0.05) is 17.8 Å². The summed E-state index contributed by atoms with van der Waals surface area (Å²) in [6.07, 6.45) is 2.21. The summed E-state index contributed by atoms with van der Waals surface area (Å²) >= 11 is 1.41. The Labute approximate surface area is 163 Å². The molecule has 1 aliphatic carbocycles. The molecule has 1 fully saturated rings. The molecule has 1 aromatic heterocycles. The van der Waals surface area contributed by atoms with Crippen LogP contribution in [0.2, 0.25) is 0 Å². The first-order valence-electron chi connectivity index (χ1n) is 9.27. The Morgan fingerprint density at radius 2 is 2.00 bits per heavy atom. The van der Waals surface area contributed by atoms with Gasteiger partial charge in [-0.05, 0) is 44.9 Å². The van der Waals surface area contributed by atoms with E-state index in [2.05, 4.69) is 15.5 Å². The maximum absolute atomic E-state index is 12.4. The number of carbonyl (C=O) groups is 2. The van der Waals surface area contributed by atoms with E-state index in [0.29, 0.717) is 29.9 Å². The molecule has 8 heteroatoms. The summed E-state index contributed by atoms with van der Waals surface area (Å²) in [5.41, 5.74) is 1.62. The first-order valence-corrected chi connectivity index (χ1v) is 10.3. The van der Waals surface area contributed by atoms with E-state index in [-0.39, 0.29) is 11.8 Å². The van der Waals surface area contributed by atoms with Crippen LogP contribution < -0.4 is 5.32 Å². The molecule has 1 aliphatic rings. The number of rotatable bonds is 8. The monoisotopic (exact) mass is 387 g/mol. The third-order valence-electron chi connectivity index (χ3n) is 4.47. The second kappa shape index (κ2) is 8.56. The second-order valence-corrected chi connectivity index (χ2v) is 7.48. The van der Waals surface area contributed by atoms with Crippen LogP contribution in [0.25, 0.3) is 5.69 Å². The summed E-state index contributed by atoms with van der Waals surface area (Å²) in [6, 6.07) is 7.62. The van der Waals surface area contributed by atoms with E-state index in [9.17, 15) is 9.59 Å². The van der Waals surface area contributed by atoms with Crippen LogP contribution in [0.5, 0.6) is 0 Å². The van der Waals surface area contributed by atoms with Crippen molar-refractivity contribution in [1.29, 1.82) is 0 Å². The lowest BCUT2D eigenvalue weighted by Crippen LogP contribution is -2.31. The van der Waals surface area contributed by atoms with Gasteiger partial charge in [-0.25, -0.2) is 0 Å². The molecule has 144 valence electrons. The molecule has 2 amide bonds. The molecule has 1 aromatic carbocycles. The highest BCUT2D eigenvalue weighted by molar-refractivity contribution is 7.99. The van der Waals surface area contributed by atoms with Crippen molar-refractivity contribution in [2.45, 2.75) is 44.7 Å². The van der Waals surface area contributed by atoms with Crippen LogP contribution in [0.3, 0.4) is 0 Å². The van der Waals surface area contributed by atoms with E-state index in [4.69, 9.17) is 0 Å². The highest BCUT2D eigenvalue weighted by atomic mass is 32.2. The molecule has 0 spiro atoms. The molecule has 1 N–H and O–H groups in total. The van der Waals surface area contributed by atoms with E-state index in [1.54, 1.807) is 0 Å². The van der Waals surface area contributed by atoms with Crippen LogP contribution in [0.4, 0.5) is 5.69 Å². The maximum Gasteiger partial charge on any atom is 0.233 e. The van der Waals surface area contributed by atoms with Crippen molar-refractivity contribution in [3.63, 3.8) is 0 Å². The lowest BCUT2D eigenvalue weighted by Gasteiger charge is -2.18. The zero-order valence-electron chi connectivity index (χ0n) is 15.9. The highest BCUT2D eigenvalue weighted by Gasteiger charge is 2.31. The number of carbonyl (C=O) groups excluding carboxylic acids is 2. The lowest BCUT2D eigenvalue weighted by molar-refractivity contribution is -0.128. The van der Waals surface area contributed by atoms with E-state index in [0.717, 1.165) is 30.0 Å². The van der Waals surface area contributed by atoms with Gasteiger partial charge in [0.05, 0.1) is 11.4 Å². The average Bonchev–Trinajstić information content (AvgIpc) is 3.40. The van der Waals surface area contributed by atoms with E-state index >= 15 is 0 Å². The van der Waals surface area contributed by atoms with Gasteiger partial charge in [-0.3, -0.25) is 14.2 Å². The van der Waals surface area contributed by atoms with E-state index in [1.165, 1.54) is 18.7 Å². The van der Waals surface area contributed by atoms with Crippen molar-refractivity contribution in [2.75, 3.05) is 24.2 Å². The molecule has 0 aliphatic heterocycles. The number of nitrogens with one attached hydrogen (secondary N) is 1. The number of amides is 2. The molecule has 0 radical (unpaired) electrons. The van der Waals surface area contributed by atoms with Crippen LogP contribution in [-0.2, 0) is 9.59 Å². The van der Waals surface area contributed by atoms with Gasteiger partial charge in [0.2, 0.25) is 11.8 Å². The predicted octanol–water partition coefficient (Wildman–Crippen LogP) is 3.06. The minimum atomic E-state index is -0.113. The molecule has 0 unspecified atom stereocenters. The number of aromatic nitrogens is 3. The first kappa shape index (κ1) is 19.4. The zero-order chi connectivity index (χ0) is 19.4. The summed E-state index contributed by atoms with van der Waals surface area (Å²) in [5.74, 6) is 1.65. The van der Waals surface area contributed by atoms with Gasteiger partial charge < -0.3 is 10.2 Å². The topological polar surface area (TPSA) is 80.1 Å². The van der Waals surface area contributed by atoms with Crippen LogP contribution >= 0.6 is 11.8 Å². The van der Waals surface area contributed by atoms with Crippen LogP contribution in [0.1, 0.15) is 45.4 Å². The first-order chi connectivity index (χ1) is 13.0. The van der Waals surface area contributed by atoms with Gasteiger partial charge in [-0.2, -0.15) is 0 Å². The van der Waals surface area contributed by atoms with E-state index in [1.807, 2.05) is 47.6 Å². The SMILES string of the molecule is CCN(CC)C(=O)CSc1nnc(C2CC2)n1-c1cccc(NC(C)=O)c1. The molecule has 0 atom stereocenters. The van der Waals surface area contributed by atoms with Crippen molar-refractivity contribution in [3.05, 3.63) is 30.1 Å². The third kappa shape index (κ3) is 4.68. The Kier molecular flexibility index (Phi) is 6.15. The Balaban J connectivity index is 1.87. The average molecular weight is 388 g/mol. The quantitative estimate of drug-likeness (QED) is 0.704. The standard InChI is InChI=1S/C19H25N5O2S/c1-4-23(5-2)17(26)12-27-19-22-21-18(14-9-10-14)24(19)16-8-6-7-15(11-16)20-13(3)25/h6-8,11,14H,4-5,9-10,12H2,1-3H3,(H,20,25). The van der Waals surface area contributed by atoms with Crippen LogP contribution in [0.15, 0.2) is 29.4 Å². The Morgan fingerprint density at radius 3 is 2.63 bits per heavy atom. The fourth-order valence-electron chi connectivity index (χ4n) is 2.94. The van der Waals surface area contributed by atoms with Crippen molar-refractivity contribution in [2.24, 2.45) is 0 Å². The third-order valence-corrected chi connectivity index (χ3v) is 5.38. The number of hydrogen-bond acceptors (Lipinski definition) is 5. The van der Waals surface area contributed by atoms with Gasteiger partial charge in [0.25, 0.3) is 0 Å². The Bertz CT molecular complexity index is 827. The molecule has 1 heterocycles. The molecule has 0 saturated heterocycles. The van der Waals surface area contributed by atoms with Crippen molar-refractivity contribution in [1.82, 2.24) is 19.7 Å². The molecule has 7 nitrogen and oxygen atoms in total. The van der Waals surface area contributed by atoms with Gasteiger partial charge in [0.15, 0.2) is 5.16 Å². The number of anilines is 1. The summed E-state index contributed by atoms with van der Waals surface area (Å²) in [4.78, 5) is 25.5. The molecule has 27 heavy (non-hydrogen) atoms. The molecule has 2 aromatic rings. The molecular formula is C19H25N5O2S. The van der Waals surface area contributed by atoms with Gasteiger partial charge in [0.1, 0.15) is 5.82 Å². The fourth-order valence-corrected chi connectivity index (χ4v) is 3.80. The highest BCUT2D eigenvalue weighted by Crippen LogP contribution is 2.41. The lowest BCUT2D eigenvalue weighted by atomic mass is 10.2. The normalized spacial score (nSPS) is 13.4. The minimum Gasteiger partial charge on any atom is -0.343 e. The van der Waals surface area contributed by atoms with Crippen molar-refractivity contribution < 1.29 is 9.59 Å². The Hall–Kier alpha value is -2.35. The smallest absolute Gasteiger partial charge is 0.233 e. The van der Waals surface area contributed by atoms with Crippen molar-refractivity contribution in [3.8, 4) is 5.69 Å². The minimum absolute atomic E-state index is 0.0968. The Morgan fingerprint density at radius 1 is 1.26 bits per heavy atom. The summed E-state index contributed by atoms with van der Waals surface area (Å²) < 4.78 is 2.02. The number of benzene rings is 1. The van der Waals surface area contributed by atoms with Crippen molar-refractivity contribution >= 4 is 29.3 Å². The van der Waals surface area contributed by atoms with Gasteiger partial charge >= 0.3 is 0 Å². The summed E-state index contributed by atoms with van der Waals surface area (Å²) in [7, 11) is 0. The summed E-state index contributed by atoms with van der Waals surface area (Å²) in [5, 5.41) is 12.2. The maximum atomic E-state index is 12.4. The summed E-state index contributed by atoms with van der Waals surface area (Å²) in [6.45, 7) is 6.85. The molecule has 0 bridgehead atoms. The van der Waals surface area contributed by atoms with Crippen LogP contribution in [0, 0.1) is 0 Å². The second-order valence-electron chi connectivity index (χ2n) is 6.54. The number of thioether (sulfide) groups is 1. The molecular weight excluding hydrogens is 362 g/mol. The number of hydrogen-bond donors (Lipinski definition) is 1. The molecule has 3 rings (SSSR count). The largest absolute Gasteiger partial charge is 0.343 e. The molecule has 1 saturated carbocycles. The van der Waals surface area contributed by atoms with Gasteiger partial charge in [0, 0.05) is 31.6 Å². The fraction of sp³-hybridized carbons (Fsp3) is 0.474. The zero-order valence-corrected chi connectivity index (χ0v) is 16.8.